The number of aliphatic hydroxyl groups excluding tert-OH is 2. The molecule has 3 atom stereocenters. The van der Waals surface area contributed by atoms with Crippen LogP contribution in [0.25, 0.3) is 0 Å². The van der Waals surface area contributed by atoms with E-state index in [1.54, 1.807) is 0 Å². The Hall–Kier alpha value is -0.460. The fraction of sp³-hybridized carbons (Fsp3) is 0.500. The molecule has 1 heterocycles. The maximum absolute atomic E-state index is 9.63. The summed E-state index contributed by atoms with van der Waals surface area (Å²) < 4.78 is 1.07. The smallest absolute Gasteiger partial charge is 0.0976 e. The molecule has 1 aliphatic heterocycles. The first-order chi connectivity index (χ1) is 8.16. The molecule has 4 N–H and O–H groups in total. The molecule has 0 spiro atoms. The summed E-state index contributed by atoms with van der Waals surface area (Å²) in [5, 5.41) is 25.3. The minimum atomic E-state index is -0.674. The number of rotatable bonds is 4. The average Bonchev–Trinajstić information content (AvgIpc) is 2.64. The molecule has 1 fully saturated rings. The third kappa shape index (κ3) is 3.50. The number of benzene rings is 1. The van der Waals surface area contributed by atoms with E-state index in [0.29, 0.717) is 13.1 Å². The first-order valence-corrected chi connectivity index (χ1v) is 6.51. The Morgan fingerprint density at radius 1 is 1.29 bits per heavy atom. The van der Waals surface area contributed by atoms with Crippen molar-refractivity contribution in [1.29, 1.82) is 0 Å². The van der Waals surface area contributed by atoms with Crippen LogP contribution in [0.2, 0.25) is 0 Å². The van der Waals surface area contributed by atoms with Crippen LogP contribution in [0, 0.1) is 0 Å². The number of aliphatic hydroxyl groups is 2. The van der Waals surface area contributed by atoms with Crippen molar-refractivity contribution in [2.45, 2.75) is 24.8 Å². The lowest BCUT2D eigenvalue weighted by Crippen LogP contribution is -2.41. The molecule has 0 unspecified atom stereocenters. The van der Waals surface area contributed by atoms with Gasteiger partial charge in [0.25, 0.3) is 0 Å². The number of halogens is 1. The van der Waals surface area contributed by atoms with Gasteiger partial charge < -0.3 is 20.8 Å². The van der Waals surface area contributed by atoms with Crippen molar-refractivity contribution in [1.82, 2.24) is 10.6 Å². The van der Waals surface area contributed by atoms with E-state index in [0.717, 1.165) is 11.0 Å². The van der Waals surface area contributed by atoms with Crippen molar-refractivity contribution in [2.24, 2.45) is 0 Å². The monoisotopic (exact) mass is 300 g/mol. The highest BCUT2D eigenvalue weighted by Crippen LogP contribution is 2.11. The highest BCUT2D eigenvalue weighted by Gasteiger charge is 2.32. The first kappa shape index (κ1) is 13.0. The molecule has 4 nitrogen and oxygen atoms in total. The van der Waals surface area contributed by atoms with Crippen LogP contribution in [-0.2, 0) is 6.54 Å². The summed E-state index contributed by atoms with van der Waals surface area (Å²) in [4.78, 5) is 0. The van der Waals surface area contributed by atoms with Crippen LogP contribution in [0.5, 0.6) is 0 Å². The zero-order valence-corrected chi connectivity index (χ0v) is 11.0. The molecule has 0 bridgehead atoms. The zero-order chi connectivity index (χ0) is 12.3. The van der Waals surface area contributed by atoms with Gasteiger partial charge in [0.2, 0.25) is 0 Å². The van der Waals surface area contributed by atoms with Crippen molar-refractivity contribution in [3.05, 3.63) is 34.3 Å². The summed E-state index contributed by atoms with van der Waals surface area (Å²) in [6.45, 7) is 1.87. The Morgan fingerprint density at radius 3 is 2.59 bits per heavy atom. The molecule has 0 aliphatic carbocycles. The summed E-state index contributed by atoms with van der Waals surface area (Å²) in [7, 11) is 0. The van der Waals surface area contributed by atoms with E-state index in [1.165, 1.54) is 5.56 Å². The summed E-state index contributed by atoms with van der Waals surface area (Å²) in [5.41, 5.74) is 1.20. The molecule has 0 amide bonds. The number of β-amino-alcohol motifs (C(OH)–C–C–N with tert-alkyl or cyclic N) is 1. The molecule has 1 aliphatic rings. The lowest BCUT2D eigenvalue weighted by atomic mass is 10.1. The Bertz CT molecular complexity index is 358. The van der Waals surface area contributed by atoms with Crippen molar-refractivity contribution in [3.63, 3.8) is 0 Å². The SMILES string of the molecule is O[C@H]1[C@@H](O)CN[C@@H]1CNCc1ccc(Br)cc1. The summed E-state index contributed by atoms with van der Waals surface area (Å²) in [6, 6.07) is 8.03. The van der Waals surface area contributed by atoms with Crippen molar-refractivity contribution < 1.29 is 10.2 Å². The maximum Gasteiger partial charge on any atom is 0.0976 e. The predicted molar refractivity (Wildman–Crippen MR) is 69.7 cm³/mol. The van der Waals surface area contributed by atoms with Crippen LogP contribution >= 0.6 is 15.9 Å². The van der Waals surface area contributed by atoms with Gasteiger partial charge in [-0.3, -0.25) is 0 Å². The van der Waals surface area contributed by atoms with E-state index in [1.807, 2.05) is 24.3 Å². The third-order valence-electron chi connectivity index (χ3n) is 3.00. The van der Waals surface area contributed by atoms with E-state index in [4.69, 9.17) is 0 Å². The molecule has 0 radical (unpaired) electrons. The Balaban J connectivity index is 1.74. The van der Waals surface area contributed by atoms with Gasteiger partial charge in [-0.05, 0) is 17.7 Å². The van der Waals surface area contributed by atoms with E-state index in [2.05, 4.69) is 26.6 Å². The summed E-state index contributed by atoms with van der Waals surface area (Å²) in [6.07, 6.45) is -1.32. The van der Waals surface area contributed by atoms with Crippen LogP contribution in [0.3, 0.4) is 0 Å². The second-order valence-corrected chi connectivity index (χ2v) is 5.25. The van der Waals surface area contributed by atoms with Gasteiger partial charge in [-0.2, -0.15) is 0 Å². The van der Waals surface area contributed by atoms with Gasteiger partial charge in [-0.25, -0.2) is 0 Å². The molecule has 1 aromatic rings. The fourth-order valence-electron chi connectivity index (χ4n) is 1.95. The molecule has 5 heteroatoms. The Morgan fingerprint density at radius 2 is 2.00 bits per heavy atom. The number of hydrogen-bond donors (Lipinski definition) is 4. The lowest BCUT2D eigenvalue weighted by Gasteiger charge is -2.16. The van der Waals surface area contributed by atoms with Gasteiger partial charge in [0.1, 0.15) is 0 Å². The minimum Gasteiger partial charge on any atom is -0.389 e. The largest absolute Gasteiger partial charge is 0.389 e. The van der Waals surface area contributed by atoms with E-state index in [9.17, 15) is 10.2 Å². The zero-order valence-electron chi connectivity index (χ0n) is 9.44. The highest BCUT2D eigenvalue weighted by atomic mass is 79.9. The highest BCUT2D eigenvalue weighted by molar-refractivity contribution is 9.10. The van der Waals surface area contributed by atoms with E-state index < -0.39 is 12.2 Å². The summed E-state index contributed by atoms with van der Waals surface area (Å²) in [5.74, 6) is 0. The topological polar surface area (TPSA) is 64.5 Å². The predicted octanol–water partition coefficient (Wildman–Crippen LogP) is 0.232. The summed E-state index contributed by atoms with van der Waals surface area (Å²) >= 11 is 3.39. The van der Waals surface area contributed by atoms with Crippen LogP contribution < -0.4 is 10.6 Å². The molecule has 2 rings (SSSR count). The third-order valence-corrected chi connectivity index (χ3v) is 3.53. The number of hydrogen-bond acceptors (Lipinski definition) is 4. The molecule has 17 heavy (non-hydrogen) atoms. The fourth-order valence-corrected chi connectivity index (χ4v) is 2.21. The van der Waals surface area contributed by atoms with Gasteiger partial charge in [-0.15, -0.1) is 0 Å². The van der Waals surface area contributed by atoms with Crippen LogP contribution in [0.1, 0.15) is 5.56 Å². The lowest BCUT2D eigenvalue weighted by molar-refractivity contribution is 0.0407. The molecular formula is C12H17BrN2O2. The minimum absolute atomic E-state index is 0.0690. The first-order valence-electron chi connectivity index (χ1n) is 5.71. The van der Waals surface area contributed by atoms with Crippen LogP contribution in [0.4, 0.5) is 0 Å². The normalized spacial score (nSPS) is 28.5. The number of nitrogens with one attached hydrogen (secondary N) is 2. The maximum atomic E-state index is 9.63. The van der Waals surface area contributed by atoms with Gasteiger partial charge >= 0.3 is 0 Å². The second kappa shape index (κ2) is 5.93. The quantitative estimate of drug-likeness (QED) is 0.643. The van der Waals surface area contributed by atoms with Crippen molar-refractivity contribution in [2.75, 3.05) is 13.1 Å². The second-order valence-electron chi connectivity index (χ2n) is 4.33. The van der Waals surface area contributed by atoms with Crippen molar-refractivity contribution in [3.8, 4) is 0 Å². The van der Waals surface area contributed by atoms with Gasteiger partial charge in [0.15, 0.2) is 0 Å². The van der Waals surface area contributed by atoms with Gasteiger partial charge in [0.05, 0.1) is 12.2 Å². The van der Waals surface area contributed by atoms with E-state index >= 15 is 0 Å². The molecule has 1 saturated heterocycles. The molecule has 0 aromatic heterocycles. The molecule has 0 saturated carbocycles. The molecular weight excluding hydrogens is 284 g/mol. The molecule has 94 valence electrons. The van der Waals surface area contributed by atoms with Crippen LogP contribution in [-0.4, -0.2) is 41.6 Å². The van der Waals surface area contributed by atoms with Crippen molar-refractivity contribution >= 4 is 15.9 Å². The van der Waals surface area contributed by atoms with Gasteiger partial charge in [0, 0.05) is 30.1 Å². The van der Waals surface area contributed by atoms with Gasteiger partial charge in [-0.1, -0.05) is 28.1 Å². The molecule has 1 aromatic carbocycles. The Kier molecular flexibility index (Phi) is 4.53. The van der Waals surface area contributed by atoms with Crippen LogP contribution in [0.15, 0.2) is 28.7 Å². The average molecular weight is 301 g/mol. The van der Waals surface area contributed by atoms with E-state index in [-0.39, 0.29) is 6.04 Å². The standard InChI is InChI=1S/C12H17BrN2O2/c13-9-3-1-8(2-4-9)5-14-6-10-12(17)11(16)7-15-10/h1-4,10-12,14-17H,5-7H2/t10-,11+,12-/m1/s1. The Labute approximate surface area is 109 Å².